The zero-order valence-corrected chi connectivity index (χ0v) is 16.2. The van der Waals surface area contributed by atoms with E-state index in [9.17, 15) is 4.79 Å². The quantitative estimate of drug-likeness (QED) is 0.345. The molecule has 1 amide bonds. The van der Waals surface area contributed by atoms with Gasteiger partial charge in [0, 0.05) is 25.3 Å². The lowest BCUT2D eigenvalue weighted by Gasteiger charge is -2.07. The van der Waals surface area contributed by atoms with Gasteiger partial charge in [-0.15, -0.1) is 0 Å². The van der Waals surface area contributed by atoms with Crippen molar-refractivity contribution in [2.24, 2.45) is 0 Å². The number of carbonyl (C=O) groups is 1. The van der Waals surface area contributed by atoms with Gasteiger partial charge in [0.05, 0.1) is 0 Å². The fourth-order valence-corrected chi connectivity index (χ4v) is 2.45. The summed E-state index contributed by atoms with van der Waals surface area (Å²) in [5.74, 6) is 12.4. The summed E-state index contributed by atoms with van der Waals surface area (Å²) in [7, 11) is 0. The van der Waals surface area contributed by atoms with E-state index in [1.807, 2.05) is 13.8 Å². The van der Waals surface area contributed by atoms with Crippen LogP contribution in [0, 0.1) is 23.7 Å². The molecule has 0 aromatic rings. The molecule has 24 heavy (non-hydrogen) atoms. The third-order valence-corrected chi connectivity index (χ3v) is 3.80. The van der Waals surface area contributed by atoms with Crippen LogP contribution in [-0.4, -0.2) is 11.9 Å². The maximum atomic E-state index is 11.5. The standard InChI is InChI=1S/C22H37NO/c1-4-5-6-7-8-9-10-11-12-13-14-15-16-17-18-19-20-22(24)23-21(2)3/h21H,4-9,14-20H2,1-3H3,(H,23,24). The molecule has 136 valence electrons. The van der Waals surface area contributed by atoms with Gasteiger partial charge >= 0.3 is 0 Å². The zero-order chi connectivity index (χ0) is 17.9. The monoisotopic (exact) mass is 331 g/mol. The summed E-state index contributed by atoms with van der Waals surface area (Å²) >= 11 is 0. The van der Waals surface area contributed by atoms with Gasteiger partial charge < -0.3 is 5.32 Å². The lowest BCUT2D eigenvalue weighted by Crippen LogP contribution is -2.29. The lowest BCUT2D eigenvalue weighted by molar-refractivity contribution is -0.121. The van der Waals surface area contributed by atoms with Crippen LogP contribution >= 0.6 is 0 Å². The van der Waals surface area contributed by atoms with E-state index in [-0.39, 0.29) is 11.9 Å². The number of rotatable bonds is 13. The Morgan fingerprint density at radius 1 is 0.792 bits per heavy atom. The van der Waals surface area contributed by atoms with E-state index in [2.05, 4.69) is 35.9 Å². The van der Waals surface area contributed by atoms with Crippen LogP contribution < -0.4 is 5.32 Å². The van der Waals surface area contributed by atoms with Gasteiger partial charge in [0.1, 0.15) is 0 Å². The van der Waals surface area contributed by atoms with Crippen LogP contribution in [0.4, 0.5) is 0 Å². The average molecular weight is 332 g/mol. The van der Waals surface area contributed by atoms with E-state index in [1.165, 1.54) is 44.9 Å². The molecule has 0 radical (unpaired) electrons. The summed E-state index contributed by atoms with van der Waals surface area (Å²) in [6.07, 6.45) is 14.8. The highest BCUT2D eigenvalue weighted by molar-refractivity contribution is 5.76. The number of hydrogen-bond acceptors (Lipinski definition) is 1. The maximum absolute atomic E-state index is 11.5. The Labute approximate surface area is 150 Å². The Morgan fingerprint density at radius 2 is 1.29 bits per heavy atom. The molecule has 0 aromatic carbocycles. The molecule has 0 saturated heterocycles. The van der Waals surface area contributed by atoms with Crippen LogP contribution in [0.2, 0.25) is 0 Å². The molecular formula is C22H37NO. The first kappa shape index (κ1) is 22.6. The van der Waals surface area contributed by atoms with Crippen molar-refractivity contribution in [3.05, 3.63) is 0 Å². The van der Waals surface area contributed by atoms with E-state index < -0.39 is 0 Å². The van der Waals surface area contributed by atoms with Crippen molar-refractivity contribution < 1.29 is 4.79 Å². The van der Waals surface area contributed by atoms with E-state index >= 15 is 0 Å². The Balaban J connectivity index is 3.35. The highest BCUT2D eigenvalue weighted by atomic mass is 16.1. The van der Waals surface area contributed by atoms with Crippen LogP contribution in [-0.2, 0) is 4.79 Å². The second kappa shape index (κ2) is 17.9. The van der Waals surface area contributed by atoms with Crippen LogP contribution in [0.25, 0.3) is 0 Å². The molecular weight excluding hydrogens is 294 g/mol. The summed E-state index contributed by atoms with van der Waals surface area (Å²) in [5, 5.41) is 2.92. The van der Waals surface area contributed by atoms with Gasteiger partial charge in [-0.05, 0) is 45.0 Å². The molecule has 0 aliphatic carbocycles. The number of hydrogen-bond donors (Lipinski definition) is 1. The summed E-state index contributed by atoms with van der Waals surface area (Å²) in [6, 6.07) is 0.250. The molecule has 0 rings (SSSR count). The number of carbonyl (C=O) groups excluding carboxylic acids is 1. The van der Waals surface area contributed by atoms with Crippen molar-refractivity contribution in [3.63, 3.8) is 0 Å². The highest BCUT2D eigenvalue weighted by Crippen LogP contribution is 2.07. The molecule has 0 aliphatic rings. The second-order valence-electron chi connectivity index (χ2n) is 6.76. The number of unbranched alkanes of at least 4 members (excludes halogenated alkanes) is 10. The lowest BCUT2D eigenvalue weighted by atomic mass is 10.1. The first-order valence-electron chi connectivity index (χ1n) is 9.92. The summed E-state index contributed by atoms with van der Waals surface area (Å²) < 4.78 is 0. The summed E-state index contributed by atoms with van der Waals surface area (Å²) in [5.41, 5.74) is 0. The topological polar surface area (TPSA) is 29.1 Å². The minimum Gasteiger partial charge on any atom is -0.354 e. The average Bonchev–Trinajstić information content (AvgIpc) is 2.53. The molecule has 0 spiro atoms. The van der Waals surface area contributed by atoms with Crippen LogP contribution in [0.1, 0.15) is 104 Å². The fraction of sp³-hybridized carbons (Fsp3) is 0.773. The van der Waals surface area contributed by atoms with Gasteiger partial charge in [-0.1, -0.05) is 63.7 Å². The normalized spacial score (nSPS) is 9.83. The third kappa shape index (κ3) is 18.6. The van der Waals surface area contributed by atoms with E-state index in [0.29, 0.717) is 6.42 Å². The molecule has 0 aliphatic heterocycles. The van der Waals surface area contributed by atoms with Gasteiger partial charge in [-0.25, -0.2) is 0 Å². The molecule has 0 bridgehead atoms. The van der Waals surface area contributed by atoms with Gasteiger partial charge in [0.25, 0.3) is 0 Å². The van der Waals surface area contributed by atoms with Crippen molar-refractivity contribution >= 4 is 5.91 Å². The largest absolute Gasteiger partial charge is 0.354 e. The van der Waals surface area contributed by atoms with Gasteiger partial charge in [0.2, 0.25) is 5.91 Å². The van der Waals surface area contributed by atoms with Crippen molar-refractivity contribution in [1.29, 1.82) is 0 Å². The maximum Gasteiger partial charge on any atom is 0.220 e. The molecule has 2 nitrogen and oxygen atoms in total. The van der Waals surface area contributed by atoms with Crippen LogP contribution in [0.3, 0.4) is 0 Å². The van der Waals surface area contributed by atoms with Gasteiger partial charge in [-0.2, -0.15) is 0 Å². The minimum absolute atomic E-state index is 0.180. The molecule has 0 aromatic heterocycles. The fourth-order valence-electron chi connectivity index (χ4n) is 2.45. The Bertz CT molecular complexity index is 417. The summed E-state index contributed by atoms with van der Waals surface area (Å²) in [6.45, 7) is 6.23. The molecule has 1 N–H and O–H groups in total. The van der Waals surface area contributed by atoms with Crippen molar-refractivity contribution in [3.8, 4) is 23.7 Å². The van der Waals surface area contributed by atoms with Gasteiger partial charge in [-0.3, -0.25) is 4.79 Å². The first-order chi connectivity index (χ1) is 11.7. The molecule has 0 atom stereocenters. The molecule has 2 heteroatoms. The molecule has 0 heterocycles. The predicted octanol–water partition coefficient (Wildman–Crippen LogP) is 5.61. The third-order valence-electron chi connectivity index (χ3n) is 3.80. The van der Waals surface area contributed by atoms with E-state index in [1.54, 1.807) is 0 Å². The van der Waals surface area contributed by atoms with Crippen molar-refractivity contribution in [2.75, 3.05) is 0 Å². The molecule has 0 saturated carbocycles. The Morgan fingerprint density at radius 3 is 1.83 bits per heavy atom. The number of amides is 1. The number of nitrogens with one attached hydrogen (secondary N) is 1. The van der Waals surface area contributed by atoms with Gasteiger partial charge in [0.15, 0.2) is 0 Å². The Kier molecular flexibility index (Phi) is 16.9. The van der Waals surface area contributed by atoms with Crippen molar-refractivity contribution in [1.82, 2.24) is 5.32 Å². The molecule has 0 fully saturated rings. The summed E-state index contributed by atoms with van der Waals surface area (Å²) in [4.78, 5) is 11.5. The smallest absolute Gasteiger partial charge is 0.220 e. The predicted molar refractivity (Wildman–Crippen MR) is 105 cm³/mol. The minimum atomic E-state index is 0.180. The Hall–Kier alpha value is -1.41. The highest BCUT2D eigenvalue weighted by Gasteiger charge is 2.01. The first-order valence-corrected chi connectivity index (χ1v) is 9.92. The SMILES string of the molecule is CCCCCCCC#CC#CCCCCCCCC(=O)NC(C)C. The van der Waals surface area contributed by atoms with Crippen LogP contribution in [0.15, 0.2) is 0 Å². The second-order valence-corrected chi connectivity index (χ2v) is 6.76. The van der Waals surface area contributed by atoms with E-state index in [0.717, 1.165) is 32.1 Å². The zero-order valence-electron chi connectivity index (χ0n) is 16.2. The molecule has 0 unspecified atom stereocenters. The van der Waals surface area contributed by atoms with Crippen molar-refractivity contribution in [2.45, 2.75) is 110 Å². The van der Waals surface area contributed by atoms with E-state index in [4.69, 9.17) is 0 Å². The van der Waals surface area contributed by atoms with Crippen LogP contribution in [0.5, 0.6) is 0 Å².